The van der Waals surface area contributed by atoms with Crippen molar-refractivity contribution < 1.29 is 4.74 Å². The molecule has 3 atom stereocenters. The molecule has 1 saturated carbocycles. The molecule has 1 aromatic carbocycles. The monoisotopic (exact) mass is 276 g/mol. The van der Waals surface area contributed by atoms with E-state index in [1.54, 1.807) is 0 Å². The highest BCUT2D eigenvalue weighted by Crippen LogP contribution is 2.43. The standard InChI is InChI=1S/C17H28N2O/c1-4-20-17(10-6-8-14(3)12-17)16(19-18)15-9-5-7-13(2)11-15/h5,7,9,11,14,16,19H,4,6,8,10,12,18H2,1-3H3. The van der Waals surface area contributed by atoms with Gasteiger partial charge in [0.2, 0.25) is 0 Å². The lowest BCUT2D eigenvalue weighted by molar-refractivity contribution is -0.102. The van der Waals surface area contributed by atoms with Crippen molar-refractivity contribution in [3.8, 4) is 0 Å². The first-order chi connectivity index (χ1) is 9.61. The molecule has 0 amide bonds. The van der Waals surface area contributed by atoms with E-state index < -0.39 is 0 Å². The van der Waals surface area contributed by atoms with Crippen molar-refractivity contribution in [3.63, 3.8) is 0 Å². The Morgan fingerprint density at radius 2 is 2.30 bits per heavy atom. The minimum atomic E-state index is -0.172. The van der Waals surface area contributed by atoms with Crippen molar-refractivity contribution >= 4 is 0 Å². The lowest BCUT2D eigenvalue weighted by Crippen LogP contribution is -2.51. The van der Waals surface area contributed by atoms with Crippen LogP contribution in [0.3, 0.4) is 0 Å². The summed E-state index contributed by atoms with van der Waals surface area (Å²) in [6.45, 7) is 7.24. The van der Waals surface area contributed by atoms with Crippen molar-refractivity contribution in [2.75, 3.05) is 6.61 Å². The molecule has 3 nitrogen and oxygen atoms in total. The first kappa shape index (κ1) is 15.5. The summed E-state index contributed by atoms with van der Waals surface area (Å²) in [5.74, 6) is 6.61. The third-order valence-corrected chi connectivity index (χ3v) is 4.49. The number of aryl methyl sites for hydroxylation is 1. The van der Waals surface area contributed by atoms with Crippen LogP contribution in [0.1, 0.15) is 56.7 Å². The van der Waals surface area contributed by atoms with E-state index in [0.29, 0.717) is 5.92 Å². The van der Waals surface area contributed by atoms with Crippen LogP contribution >= 0.6 is 0 Å². The molecular formula is C17H28N2O. The van der Waals surface area contributed by atoms with Crippen molar-refractivity contribution in [1.82, 2.24) is 5.43 Å². The van der Waals surface area contributed by atoms with Gasteiger partial charge in [0.05, 0.1) is 11.6 Å². The third kappa shape index (κ3) is 3.22. The second-order valence-electron chi connectivity index (χ2n) is 6.21. The Bertz CT molecular complexity index is 431. The van der Waals surface area contributed by atoms with Crippen LogP contribution < -0.4 is 11.3 Å². The fraction of sp³-hybridized carbons (Fsp3) is 0.647. The molecule has 0 bridgehead atoms. The van der Waals surface area contributed by atoms with Crippen LogP contribution in [0.2, 0.25) is 0 Å². The lowest BCUT2D eigenvalue weighted by Gasteiger charge is -2.45. The zero-order valence-corrected chi connectivity index (χ0v) is 13.0. The van der Waals surface area contributed by atoms with Gasteiger partial charge in [0.1, 0.15) is 0 Å². The minimum Gasteiger partial charge on any atom is -0.373 e. The average molecular weight is 276 g/mol. The number of rotatable bonds is 5. The number of hydrogen-bond donors (Lipinski definition) is 2. The van der Waals surface area contributed by atoms with Crippen molar-refractivity contribution in [3.05, 3.63) is 35.4 Å². The maximum absolute atomic E-state index is 6.25. The molecule has 1 aliphatic carbocycles. The summed E-state index contributed by atoms with van der Waals surface area (Å²) in [6, 6.07) is 8.64. The van der Waals surface area contributed by atoms with Crippen molar-refractivity contribution in [2.24, 2.45) is 11.8 Å². The Morgan fingerprint density at radius 1 is 1.50 bits per heavy atom. The molecule has 0 aliphatic heterocycles. The fourth-order valence-electron chi connectivity index (χ4n) is 3.71. The van der Waals surface area contributed by atoms with E-state index in [4.69, 9.17) is 10.6 Å². The van der Waals surface area contributed by atoms with Crippen molar-refractivity contribution in [2.45, 2.75) is 58.1 Å². The molecule has 1 aromatic rings. The summed E-state index contributed by atoms with van der Waals surface area (Å²) in [4.78, 5) is 0. The predicted octanol–water partition coefficient (Wildman–Crippen LogP) is 3.48. The van der Waals surface area contributed by atoms with Gasteiger partial charge in [-0.1, -0.05) is 49.6 Å². The second kappa shape index (κ2) is 6.70. The number of hydrazine groups is 1. The summed E-state index contributed by atoms with van der Waals surface area (Å²) in [6.07, 6.45) is 4.66. The van der Waals surface area contributed by atoms with Gasteiger partial charge in [-0.2, -0.15) is 0 Å². The van der Waals surface area contributed by atoms with Gasteiger partial charge >= 0.3 is 0 Å². The van der Waals surface area contributed by atoms with Crippen molar-refractivity contribution in [1.29, 1.82) is 0 Å². The molecule has 3 N–H and O–H groups in total. The van der Waals surface area contributed by atoms with Gasteiger partial charge in [0.25, 0.3) is 0 Å². The highest BCUT2D eigenvalue weighted by atomic mass is 16.5. The second-order valence-corrected chi connectivity index (χ2v) is 6.21. The fourth-order valence-corrected chi connectivity index (χ4v) is 3.71. The Labute approximate surface area is 122 Å². The molecule has 1 fully saturated rings. The Morgan fingerprint density at radius 3 is 2.90 bits per heavy atom. The van der Waals surface area contributed by atoms with E-state index in [0.717, 1.165) is 19.4 Å². The molecule has 0 radical (unpaired) electrons. The van der Waals surface area contributed by atoms with E-state index in [1.165, 1.54) is 24.0 Å². The van der Waals surface area contributed by atoms with Gasteiger partial charge in [-0.3, -0.25) is 11.3 Å². The number of benzene rings is 1. The summed E-state index contributed by atoms with van der Waals surface area (Å²) in [5, 5.41) is 0. The highest BCUT2D eigenvalue weighted by molar-refractivity contribution is 5.27. The van der Waals surface area contributed by atoms with E-state index >= 15 is 0 Å². The smallest absolute Gasteiger partial charge is 0.0891 e. The van der Waals surface area contributed by atoms with Crippen LogP contribution in [-0.4, -0.2) is 12.2 Å². The molecule has 3 unspecified atom stereocenters. The maximum atomic E-state index is 6.25. The van der Waals surface area contributed by atoms with Crippen LogP contribution in [-0.2, 0) is 4.74 Å². The maximum Gasteiger partial charge on any atom is 0.0891 e. The Kier molecular flexibility index (Phi) is 5.19. The van der Waals surface area contributed by atoms with Crippen LogP contribution in [0.15, 0.2) is 24.3 Å². The summed E-state index contributed by atoms with van der Waals surface area (Å²) < 4.78 is 6.25. The van der Waals surface area contributed by atoms with Crippen LogP contribution in [0.25, 0.3) is 0 Å². The topological polar surface area (TPSA) is 47.3 Å². The molecule has 0 spiro atoms. The first-order valence-electron chi connectivity index (χ1n) is 7.78. The van der Waals surface area contributed by atoms with E-state index in [1.807, 2.05) is 0 Å². The van der Waals surface area contributed by atoms with Crippen LogP contribution in [0.4, 0.5) is 0 Å². The van der Waals surface area contributed by atoms with E-state index in [-0.39, 0.29) is 11.6 Å². The molecule has 1 aliphatic rings. The SMILES string of the molecule is CCOC1(C(NN)c2cccc(C)c2)CCCC(C)C1. The summed E-state index contributed by atoms with van der Waals surface area (Å²) >= 11 is 0. The zero-order valence-electron chi connectivity index (χ0n) is 13.0. The van der Waals surface area contributed by atoms with Gasteiger partial charge in [0.15, 0.2) is 0 Å². The molecule has 3 heteroatoms. The average Bonchev–Trinajstić information content (AvgIpc) is 2.39. The predicted molar refractivity (Wildman–Crippen MR) is 83.2 cm³/mol. The molecule has 112 valence electrons. The van der Waals surface area contributed by atoms with E-state index in [9.17, 15) is 0 Å². The molecule has 0 saturated heterocycles. The normalized spacial score (nSPS) is 28.3. The van der Waals surface area contributed by atoms with E-state index in [2.05, 4.69) is 50.5 Å². The lowest BCUT2D eigenvalue weighted by atomic mass is 9.72. The first-order valence-corrected chi connectivity index (χ1v) is 7.78. The van der Waals surface area contributed by atoms with Crippen LogP contribution in [0, 0.1) is 12.8 Å². The quantitative estimate of drug-likeness (QED) is 0.639. The number of ether oxygens (including phenoxy) is 1. The third-order valence-electron chi connectivity index (χ3n) is 4.49. The van der Waals surface area contributed by atoms with Gasteiger partial charge in [-0.25, -0.2) is 0 Å². The van der Waals surface area contributed by atoms with Gasteiger partial charge in [-0.15, -0.1) is 0 Å². The molecule has 20 heavy (non-hydrogen) atoms. The van der Waals surface area contributed by atoms with Gasteiger partial charge in [-0.05, 0) is 38.2 Å². The Hall–Kier alpha value is -0.900. The number of nitrogens with one attached hydrogen (secondary N) is 1. The number of nitrogens with two attached hydrogens (primary N) is 1. The molecule has 2 rings (SSSR count). The molecular weight excluding hydrogens is 248 g/mol. The molecule has 0 heterocycles. The zero-order chi connectivity index (χ0) is 14.6. The molecule has 0 aromatic heterocycles. The number of hydrogen-bond acceptors (Lipinski definition) is 3. The van der Waals surface area contributed by atoms with Gasteiger partial charge < -0.3 is 4.74 Å². The van der Waals surface area contributed by atoms with Crippen LogP contribution in [0.5, 0.6) is 0 Å². The summed E-state index contributed by atoms with van der Waals surface area (Å²) in [5.41, 5.74) is 5.36. The minimum absolute atomic E-state index is 0.0603. The highest BCUT2D eigenvalue weighted by Gasteiger charge is 2.43. The largest absolute Gasteiger partial charge is 0.373 e. The summed E-state index contributed by atoms with van der Waals surface area (Å²) in [7, 11) is 0. The Balaban J connectivity index is 2.34. The van der Waals surface area contributed by atoms with Gasteiger partial charge in [0, 0.05) is 6.61 Å².